The molecule has 1 fully saturated rings. The zero-order chi connectivity index (χ0) is 16.8. The minimum absolute atomic E-state index is 0.268. The van der Waals surface area contributed by atoms with Crippen LogP contribution in [0, 0.1) is 0 Å². The number of carbonyl (C=O) groups is 2. The van der Waals surface area contributed by atoms with Gasteiger partial charge in [0.2, 0.25) is 12.4 Å². The smallest absolute Gasteiger partial charge is 0.270 e. The van der Waals surface area contributed by atoms with Crippen molar-refractivity contribution in [2.24, 2.45) is 0 Å². The number of aromatic nitrogens is 3. The molecule has 2 aromatic heterocycles. The first-order chi connectivity index (χ1) is 11.8. The summed E-state index contributed by atoms with van der Waals surface area (Å²) < 4.78 is 0. The van der Waals surface area contributed by atoms with Gasteiger partial charge in [-0.05, 0) is 18.2 Å². The number of rotatable bonds is 5. The molecule has 124 valence electrons. The summed E-state index contributed by atoms with van der Waals surface area (Å²) in [4.78, 5) is 39.4. The minimum atomic E-state index is -0.268. The second kappa shape index (κ2) is 7.49. The maximum atomic E-state index is 12.2. The molecule has 0 saturated carbocycles. The highest BCUT2D eigenvalue weighted by atomic mass is 16.2. The third kappa shape index (κ3) is 3.83. The van der Waals surface area contributed by atoms with E-state index >= 15 is 0 Å². The molecule has 1 aliphatic rings. The van der Waals surface area contributed by atoms with Crippen LogP contribution in [0.25, 0.3) is 0 Å². The Bertz CT molecular complexity index is 701. The Morgan fingerprint density at radius 1 is 1.12 bits per heavy atom. The lowest BCUT2D eigenvalue weighted by atomic mass is 10.3. The fraction of sp³-hybridized carbons (Fsp3) is 0.312. The van der Waals surface area contributed by atoms with E-state index in [0.717, 1.165) is 12.1 Å². The number of nitrogens with zero attached hydrogens (tertiary/aromatic N) is 5. The first-order valence-corrected chi connectivity index (χ1v) is 7.72. The summed E-state index contributed by atoms with van der Waals surface area (Å²) in [5.41, 5.74) is 1.10. The summed E-state index contributed by atoms with van der Waals surface area (Å²) in [6, 6.07) is 7.12. The summed E-state index contributed by atoms with van der Waals surface area (Å²) in [6.07, 6.45) is 4.10. The Hall–Kier alpha value is -3.03. The van der Waals surface area contributed by atoms with Crippen LogP contribution in [0.5, 0.6) is 0 Å². The molecule has 0 unspecified atom stereocenters. The van der Waals surface area contributed by atoms with E-state index in [1.807, 2.05) is 23.1 Å². The monoisotopic (exact) mass is 326 g/mol. The third-order valence-corrected chi connectivity index (χ3v) is 3.78. The second-order valence-electron chi connectivity index (χ2n) is 5.37. The van der Waals surface area contributed by atoms with Crippen LogP contribution in [0.2, 0.25) is 0 Å². The van der Waals surface area contributed by atoms with Gasteiger partial charge in [0.25, 0.3) is 5.91 Å². The fourth-order valence-electron chi connectivity index (χ4n) is 2.42. The maximum absolute atomic E-state index is 12.2. The zero-order valence-electron chi connectivity index (χ0n) is 13.1. The molecule has 0 radical (unpaired) electrons. The molecule has 3 rings (SSSR count). The Labute approximate surface area is 139 Å². The SMILES string of the molecule is O=CN1CCN(c2nccc(C(=O)NCc3ccccn3)n2)CC1. The van der Waals surface area contributed by atoms with Gasteiger partial charge in [-0.2, -0.15) is 0 Å². The Kier molecular flexibility index (Phi) is 4.95. The molecule has 0 aromatic carbocycles. The van der Waals surface area contributed by atoms with Gasteiger partial charge in [0.15, 0.2) is 0 Å². The normalized spacial score (nSPS) is 14.3. The van der Waals surface area contributed by atoms with Crippen LogP contribution in [0.1, 0.15) is 16.2 Å². The number of pyridine rings is 1. The number of piperazine rings is 1. The highest BCUT2D eigenvalue weighted by molar-refractivity contribution is 5.92. The predicted octanol–water partition coefficient (Wildman–Crippen LogP) is 0.0800. The van der Waals surface area contributed by atoms with E-state index < -0.39 is 0 Å². The van der Waals surface area contributed by atoms with Gasteiger partial charge in [-0.3, -0.25) is 14.6 Å². The van der Waals surface area contributed by atoms with Crippen LogP contribution in [-0.4, -0.2) is 58.3 Å². The van der Waals surface area contributed by atoms with Crippen molar-refractivity contribution in [1.29, 1.82) is 0 Å². The molecular weight excluding hydrogens is 308 g/mol. The summed E-state index contributed by atoms with van der Waals surface area (Å²) >= 11 is 0. The van der Waals surface area contributed by atoms with Gasteiger partial charge in [-0.15, -0.1) is 0 Å². The quantitative estimate of drug-likeness (QED) is 0.783. The molecular formula is C16H18N6O2. The third-order valence-electron chi connectivity index (χ3n) is 3.78. The van der Waals surface area contributed by atoms with Crippen molar-refractivity contribution < 1.29 is 9.59 Å². The van der Waals surface area contributed by atoms with Gasteiger partial charge in [0.1, 0.15) is 5.69 Å². The van der Waals surface area contributed by atoms with E-state index in [0.29, 0.717) is 44.4 Å². The number of hydrogen-bond donors (Lipinski definition) is 1. The van der Waals surface area contributed by atoms with E-state index in [1.54, 1.807) is 23.4 Å². The lowest BCUT2D eigenvalue weighted by Crippen LogP contribution is -2.46. The van der Waals surface area contributed by atoms with Crippen molar-refractivity contribution in [2.45, 2.75) is 6.54 Å². The summed E-state index contributed by atoms with van der Waals surface area (Å²) in [5.74, 6) is 0.238. The number of carbonyl (C=O) groups excluding carboxylic acids is 2. The molecule has 1 N–H and O–H groups in total. The van der Waals surface area contributed by atoms with Gasteiger partial charge in [0, 0.05) is 38.6 Å². The van der Waals surface area contributed by atoms with Gasteiger partial charge in [0.05, 0.1) is 12.2 Å². The minimum Gasteiger partial charge on any atom is -0.345 e. The summed E-state index contributed by atoms with van der Waals surface area (Å²) in [5, 5.41) is 2.80. The molecule has 0 aliphatic carbocycles. The van der Waals surface area contributed by atoms with Gasteiger partial charge in [-0.25, -0.2) is 9.97 Å². The average Bonchev–Trinajstić information content (AvgIpc) is 2.67. The Morgan fingerprint density at radius 3 is 2.67 bits per heavy atom. The van der Waals surface area contributed by atoms with Crippen molar-refractivity contribution in [3.05, 3.63) is 48.0 Å². The van der Waals surface area contributed by atoms with Crippen molar-refractivity contribution >= 4 is 18.3 Å². The van der Waals surface area contributed by atoms with E-state index in [9.17, 15) is 9.59 Å². The number of nitrogens with one attached hydrogen (secondary N) is 1. The lowest BCUT2D eigenvalue weighted by Gasteiger charge is -2.32. The first-order valence-electron chi connectivity index (χ1n) is 7.72. The maximum Gasteiger partial charge on any atom is 0.270 e. The van der Waals surface area contributed by atoms with Crippen LogP contribution >= 0.6 is 0 Å². The largest absolute Gasteiger partial charge is 0.345 e. The Morgan fingerprint density at radius 2 is 1.96 bits per heavy atom. The van der Waals surface area contributed by atoms with Crippen molar-refractivity contribution in [3.63, 3.8) is 0 Å². The van der Waals surface area contributed by atoms with Crippen LogP contribution in [0.4, 0.5) is 5.95 Å². The van der Waals surface area contributed by atoms with Crippen LogP contribution < -0.4 is 10.2 Å². The molecule has 3 heterocycles. The van der Waals surface area contributed by atoms with Crippen molar-refractivity contribution in [3.8, 4) is 0 Å². The molecule has 0 bridgehead atoms. The molecule has 8 nitrogen and oxygen atoms in total. The zero-order valence-corrected chi connectivity index (χ0v) is 13.1. The topological polar surface area (TPSA) is 91.3 Å². The Balaban J connectivity index is 1.62. The van der Waals surface area contributed by atoms with Crippen LogP contribution in [0.3, 0.4) is 0 Å². The number of hydrogen-bond acceptors (Lipinski definition) is 6. The van der Waals surface area contributed by atoms with Gasteiger partial charge >= 0.3 is 0 Å². The average molecular weight is 326 g/mol. The molecule has 2 aromatic rings. The highest BCUT2D eigenvalue weighted by Crippen LogP contribution is 2.10. The van der Waals surface area contributed by atoms with Crippen molar-refractivity contribution in [2.75, 3.05) is 31.1 Å². The molecule has 24 heavy (non-hydrogen) atoms. The van der Waals surface area contributed by atoms with Gasteiger partial charge in [-0.1, -0.05) is 6.07 Å². The van der Waals surface area contributed by atoms with E-state index in [1.165, 1.54) is 0 Å². The highest BCUT2D eigenvalue weighted by Gasteiger charge is 2.19. The molecule has 1 saturated heterocycles. The standard InChI is InChI=1S/C16H18N6O2/c23-12-21-7-9-22(10-8-21)16-18-6-4-14(20-16)15(24)19-11-13-3-1-2-5-17-13/h1-6,12H,7-11H2,(H,19,24). The van der Waals surface area contributed by atoms with Crippen LogP contribution in [-0.2, 0) is 11.3 Å². The van der Waals surface area contributed by atoms with E-state index in [-0.39, 0.29) is 5.91 Å². The summed E-state index contributed by atoms with van der Waals surface area (Å²) in [7, 11) is 0. The number of anilines is 1. The molecule has 0 spiro atoms. The molecule has 2 amide bonds. The lowest BCUT2D eigenvalue weighted by molar-refractivity contribution is -0.118. The van der Waals surface area contributed by atoms with Gasteiger partial charge < -0.3 is 15.1 Å². The molecule has 8 heteroatoms. The number of amides is 2. The van der Waals surface area contributed by atoms with Crippen molar-refractivity contribution in [1.82, 2.24) is 25.2 Å². The second-order valence-corrected chi connectivity index (χ2v) is 5.37. The van der Waals surface area contributed by atoms with E-state index in [4.69, 9.17) is 0 Å². The molecule has 0 atom stereocenters. The first kappa shape index (κ1) is 15.9. The fourth-order valence-corrected chi connectivity index (χ4v) is 2.42. The van der Waals surface area contributed by atoms with E-state index in [2.05, 4.69) is 20.3 Å². The van der Waals surface area contributed by atoms with Crippen LogP contribution in [0.15, 0.2) is 36.7 Å². The molecule has 1 aliphatic heterocycles. The summed E-state index contributed by atoms with van der Waals surface area (Å²) in [6.45, 7) is 2.90. The predicted molar refractivity (Wildman–Crippen MR) is 87.3 cm³/mol.